The lowest BCUT2D eigenvalue weighted by molar-refractivity contribution is -0.130. The summed E-state index contributed by atoms with van der Waals surface area (Å²) in [6, 6.07) is 6.78. The highest BCUT2D eigenvalue weighted by molar-refractivity contribution is 7.88. The van der Waals surface area contributed by atoms with Gasteiger partial charge in [0.1, 0.15) is 6.04 Å². The van der Waals surface area contributed by atoms with Gasteiger partial charge in [-0.25, -0.2) is 8.42 Å². The zero-order valence-electron chi connectivity index (χ0n) is 15.0. The van der Waals surface area contributed by atoms with Gasteiger partial charge in [-0.05, 0) is 30.4 Å². The van der Waals surface area contributed by atoms with Crippen LogP contribution in [-0.4, -0.2) is 61.4 Å². The highest BCUT2D eigenvalue weighted by atomic mass is 32.2. The van der Waals surface area contributed by atoms with Gasteiger partial charge >= 0.3 is 0 Å². The first-order chi connectivity index (χ1) is 12.4. The van der Waals surface area contributed by atoms with Crippen molar-refractivity contribution in [1.29, 1.82) is 0 Å². The molecule has 1 saturated heterocycles. The molecule has 26 heavy (non-hydrogen) atoms. The maximum Gasteiger partial charge on any atom is 0.238 e. The quantitative estimate of drug-likeness (QED) is 0.807. The fourth-order valence-corrected chi connectivity index (χ4v) is 4.61. The van der Waals surface area contributed by atoms with E-state index in [9.17, 15) is 18.0 Å². The minimum absolute atomic E-state index is 0.0387. The molecule has 2 aliphatic rings. The van der Waals surface area contributed by atoms with Crippen LogP contribution < -0.4 is 5.32 Å². The molecule has 0 saturated carbocycles. The molecule has 0 aromatic heterocycles. The van der Waals surface area contributed by atoms with E-state index in [0.717, 1.165) is 43.3 Å². The van der Waals surface area contributed by atoms with Crippen LogP contribution in [0.1, 0.15) is 30.4 Å². The smallest absolute Gasteiger partial charge is 0.238 e. The number of amides is 2. The Morgan fingerprint density at radius 3 is 2.46 bits per heavy atom. The lowest BCUT2D eigenvalue weighted by Gasteiger charge is -2.34. The van der Waals surface area contributed by atoms with Crippen molar-refractivity contribution in [3.8, 4) is 0 Å². The molecule has 0 unspecified atom stereocenters. The molecule has 1 atom stereocenters. The molecule has 0 radical (unpaired) electrons. The number of hydrogen-bond acceptors (Lipinski definition) is 4. The van der Waals surface area contributed by atoms with Crippen LogP contribution >= 0.6 is 0 Å². The molecular weight excluding hydrogens is 354 g/mol. The topological polar surface area (TPSA) is 86.8 Å². The van der Waals surface area contributed by atoms with Gasteiger partial charge in [-0.1, -0.05) is 24.3 Å². The molecule has 1 aromatic carbocycles. The zero-order chi connectivity index (χ0) is 18.7. The van der Waals surface area contributed by atoms with E-state index in [-0.39, 0.29) is 31.3 Å². The molecule has 3 rings (SSSR count). The van der Waals surface area contributed by atoms with E-state index in [4.69, 9.17) is 0 Å². The van der Waals surface area contributed by atoms with Gasteiger partial charge in [0.05, 0.1) is 6.26 Å². The van der Waals surface area contributed by atoms with Crippen LogP contribution in [0, 0.1) is 0 Å². The second-order valence-electron chi connectivity index (χ2n) is 6.93. The summed E-state index contributed by atoms with van der Waals surface area (Å²) in [6.07, 6.45) is 3.77. The van der Waals surface area contributed by atoms with E-state index in [0.29, 0.717) is 6.42 Å². The lowest BCUT2D eigenvalue weighted by Crippen LogP contribution is -2.52. The predicted octanol–water partition coefficient (Wildman–Crippen LogP) is 0.502. The standard InChI is InChI=1S/C18H25N3O4S/c1-26(24,25)21-13-15-7-3-2-6-14(15)12-16(21)18(23)19-9-8-17(22)20-10-4-5-11-20/h2-3,6-7,16H,4-5,8-13H2,1H3,(H,19,23)/t16-/m0/s1. The van der Waals surface area contributed by atoms with E-state index in [2.05, 4.69) is 5.32 Å². The summed E-state index contributed by atoms with van der Waals surface area (Å²) in [5, 5.41) is 2.75. The Bertz CT molecular complexity index is 787. The van der Waals surface area contributed by atoms with Crippen molar-refractivity contribution in [2.24, 2.45) is 0 Å². The Morgan fingerprint density at radius 2 is 1.81 bits per heavy atom. The molecule has 0 bridgehead atoms. The molecule has 7 nitrogen and oxygen atoms in total. The van der Waals surface area contributed by atoms with Crippen molar-refractivity contribution in [3.63, 3.8) is 0 Å². The summed E-state index contributed by atoms with van der Waals surface area (Å²) in [5.74, 6) is -0.309. The van der Waals surface area contributed by atoms with Gasteiger partial charge in [0.2, 0.25) is 21.8 Å². The Labute approximate surface area is 154 Å². The van der Waals surface area contributed by atoms with Gasteiger partial charge < -0.3 is 10.2 Å². The number of likely N-dealkylation sites (tertiary alicyclic amines) is 1. The van der Waals surface area contributed by atoms with Gasteiger partial charge in [-0.3, -0.25) is 9.59 Å². The first-order valence-electron chi connectivity index (χ1n) is 8.95. The number of benzene rings is 1. The van der Waals surface area contributed by atoms with E-state index >= 15 is 0 Å². The summed E-state index contributed by atoms with van der Waals surface area (Å²) < 4.78 is 25.5. The summed E-state index contributed by atoms with van der Waals surface area (Å²) in [6.45, 7) is 1.99. The van der Waals surface area contributed by atoms with E-state index < -0.39 is 16.1 Å². The van der Waals surface area contributed by atoms with Crippen molar-refractivity contribution in [2.75, 3.05) is 25.9 Å². The minimum Gasteiger partial charge on any atom is -0.354 e. The number of carbonyl (C=O) groups is 2. The van der Waals surface area contributed by atoms with Crippen molar-refractivity contribution in [3.05, 3.63) is 35.4 Å². The summed E-state index contributed by atoms with van der Waals surface area (Å²) in [5.41, 5.74) is 1.91. The molecule has 2 aliphatic heterocycles. The molecule has 0 spiro atoms. The second-order valence-corrected chi connectivity index (χ2v) is 8.86. The van der Waals surface area contributed by atoms with E-state index in [1.54, 1.807) is 0 Å². The molecular formula is C18H25N3O4S. The Morgan fingerprint density at radius 1 is 1.15 bits per heavy atom. The molecule has 1 fully saturated rings. The summed E-state index contributed by atoms with van der Waals surface area (Å²) >= 11 is 0. The summed E-state index contributed by atoms with van der Waals surface area (Å²) in [4.78, 5) is 26.5. The van der Waals surface area contributed by atoms with E-state index in [1.165, 1.54) is 4.31 Å². The van der Waals surface area contributed by atoms with Crippen molar-refractivity contribution in [1.82, 2.24) is 14.5 Å². The summed E-state index contributed by atoms with van der Waals surface area (Å²) in [7, 11) is -3.52. The van der Waals surface area contributed by atoms with E-state index in [1.807, 2.05) is 29.2 Å². The van der Waals surface area contributed by atoms with Crippen LogP contribution in [-0.2, 0) is 32.6 Å². The Balaban J connectivity index is 1.63. The highest BCUT2D eigenvalue weighted by Crippen LogP contribution is 2.25. The fourth-order valence-electron chi connectivity index (χ4n) is 3.61. The Kier molecular flexibility index (Phi) is 5.62. The van der Waals surface area contributed by atoms with Crippen LogP contribution in [0.15, 0.2) is 24.3 Å². The Hall–Kier alpha value is -1.93. The first kappa shape index (κ1) is 18.8. The van der Waals surface area contributed by atoms with Crippen molar-refractivity contribution >= 4 is 21.8 Å². The number of carbonyl (C=O) groups excluding carboxylic acids is 2. The molecule has 1 N–H and O–H groups in total. The zero-order valence-corrected chi connectivity index (χ0v) is 15.8. The third kappa shape index (κ3) is 4.24. The molecule has 142 valence electrons. The molecule has 8 heteroatoms. The van der Waals surface area contributed by atoms with Gasteiger partial charge in [-0.15, -0.1) is 0 Å². The van der Waals surface area contributed by atoms with Gasteiger partial charge in [0.25, 0.3) is 0 Å². The number of rotatable bonds is 5. The number of hydrogen-bond donors (Lipinski definition) is 1. The largest absolute Gasteiger partial charge is 0.354 e. The van der Waals surface area contributed by atoms with Crippen molar-refractivity contribution < 1.29 is 18.0 Å². The second kappa shape index (κ2) is 7.75. The SMILES string of the molecule is CS(=O)(=O)N1Cc2ccccc2C[C@H]1C(=O)NCCC(=O)N1CCCC1. The normalized spacial score (nSPS) is 20.7. The average Bonchev–Trinajstić information content (AvgIpc) is 3.14. The number of fused-ring (bicyclic) bond motifs is 1. The molecule has 1 aromatic rings. The highest BCUT2D eigenvalue weighted by Gasteiger charge is 2.36. The predicted molar refractivity (Wildman–Crippen MR) is 97.8 cm³/mol. The maximum atomic E-state index is 12.6. The van der Waals surface area contributed by atoms with Gasteiger partial charge in [0, 0.05) is 32.6 Å². The first-order valence-corrected chi connectivity index (χ1v) is 10.8. The third-order valence-corrected chi connectivity index (χ3v) is 6.27. The number of nitrogens with one attached hydrogen (secondary N) is 1. The number of sulfonamides is 1. The van der Waals surface area contributed by atoms with Crippen LogP contribution in [0.3, 0.4) is 0 Å². The van der Waals surface area contributed by atoms with Gasteiger partial charge in [-0.2, -0.15) is 4.31 Å². The third-order valence-electron chi connectivity index (χ3n) is 5.03. The lowest BCUT2D eigenvalue weighted by atomic mass is 9.95. The van der Waals surface area contributed by atoms with Crippen LogP contribution in [0.25, 0.3) is 0 Å². The van der Waals surface area contributed by atoms with Crippen LogP contribution in [0.2, 0.25) is 0 Å². The van der Waals surface area contributed by atoms with Crippen LogP contribution in [0.4, 0.5) is 0 Å². The van der Waals surface area contributed by atoms with Crippen LogP contribution in [0.5, 0.6) is 0 Å². The minimum atomic E-state index is -3.52. The van der Waals surface area contributed by atoms with Crippen molar-refractivity contribution in [2.45, 2.75) is 38.3 Å². The fraction of sp³-hybridized carbons (Fsp3) is 0.556. The number of nitrogens with zero attached hydrogens (tertiary/aromatic N) is 2. The molecule has 2 heterocycles. The van der Waals surface area contributed by atoms with Gasteiger partial charge in [0.15, 0.2) is 0 Å². The maximum absolute atomic E-state index is 12.6. The molecule has 2 amide bonds. The average molecular weight is 379 g/mol. The monoisotopic (exact) mass is 379 g/mol. The molecule has 0 aliphatic carbocycles.